The number of aromatic carboxylic acids is 1. The molecule has 0 aromatic carbocycles. The average Bonchev–Trinajstić information content (AvgIpc) is 2.64. The topological polar surface area (TPSA) is 80.0 Å². The first kappa shape index (κ1) is 15.3. The van der Waals surface area contributed by atoms with E-state index in [1.54, 1.807) is 11.7 Å². The van der Waals surface area contributed by atoms with Gasteiger partial charge >= 0.3 is 5.97 Å². The SMILES string of the molecule is Cc1nn(C)c2ncc(C(=O)O)c(NC(C)C(C)(C)C)c12. The van der Waals surface area contributed by atoms with Crippen molar-refractivity contribution in [2.24, 2.45) is 12.5 Å². The molecule has 2 heterocycles. The van der Waals surface area contributed by atoms with Crippen LogP contribution in [0.1, 0.15) is 43.7 Å². The van der Waals surface area contributed by atoms with Crippen LogP contribution in [0.3, 0.4) is 0 Å². The van der Waals surface area contributed by atoms with Crippen molar-refractivity contribution >= 4 is 22.7 Å². The van der Waals surface area contributed by atoms with Gasteiger partial charge in [-0.2, -0.15) is 5.10 Å². The monoisotopic (exact) mass is 290 g/mol. The summed E-state index contributed by atoms with van der Waals surface area (Å²) in [5, 5.41) is 17.9. The molecule has 2 aromatic heterocycles. The molecule has 0 spiro atoms. The number of hydrogen-bond donors (Lipinski definition) is 2. The molecule has 2 N–H and O–H groups in total. The summed E-state index contributed by atoms with van der Waals surface area (Å²) >= 11 is 0. The van der Waals surface area contributed by atoms with Crippen LogP contribution in [-0.2, 0) is 7.05 Å². The number of anilines is 1. The van der Waals surface area contributed by atoms with Gasteiger partial charge in [-0.15, -0.1) is 0 Å². The van der Waals surface area contributed by atoms with Crippen molar-refractivity contribution in [1.29, 1.82) is 0 Å². The van der Waals surface area contributed by atoms with Crippen LogP contribution in [0, 0.1) is 12.3 Å². The lowest BCUT2D eigenvalue weighted by Gasteiger charge is -2.29. The Morgan fingerprint density at radius 3 is 2.57 bits per heavy atom. The molecule has 2 rings (SSSR count). The molecule has 6 nitrogen and oxygen atoms in total. The molecule has 114 valence electrons. The Labute approximate surface area is 124 Å². The number of pyridine rings is 1. The van der Waals surface area contributed by atoms with Crippen molar-refractivity contribution in [3.05, 3.63) is 17.5 Å². The van der Waals surface area contributed by atoms with Gasteiger partial charge in [-0.1, -0.05) is 20.8 Å². The molecule has 0 fully saturated rings. The molecule has 0 saturated heterocycles. The molecule has 21 heavy (non-hydrogen) atoms. The van der Waals surface area contributed by atoms with Gasteiger partial charge in [0.05, 0.1) is 16.8 Å². The number of nitrogens with zero attached hydrogens (tertiary/aromatic N) is 3. The molecule has 0 bridgehead atoms. The molecule has 0 aliphatic carbocycles. The number of rotatable bonds is 3. The predicted molar refractivity (Wildman–Crippen MR) is 82.7 cm³/mol. The number of aryl methyl sites for hydroxylation is 2. The minimum absolute atomic E-state index is 0.00147. The molecule has 1 unspecified atom stereocenters. The highest BCUT2D eigenvalue weighted by Gasteiger charge is 2.25. The Balaban J connectivity index is 2.68. The third kappa shape index (κ3) is 2.70. The number of carbonyl (C=O) groups is 1. The van der Waals surface area contributed by atoms with Crippen LogP contribution in [0.5, 0.6) is 0 Å². The van der Waals surface area contributed by atoms with Gasteiger partial charge in [0.15, 0.2) is 5.65 Å². The van der Waals surface area contributed by atoms with Gasteiger partial charge in [0.2, 0.25) is 0 Å². The fourth-order valence-electron chi connectivity index (χ4n) is 2.16. The quantitative estimate of drug-likeness (QED) is 0.908. The van der Waals surface area contributed by atoms with E-state index in [1.165, 1.54) is 6.20 Å². The largest absolute Gasteiger partial charge is 0.478 e. The van der Waals surface area contributed by atoms with E-state index in [4.69, 9.17) is 0 Å². The minimum atomic E-state index is -0.990. The van der Waals surface area contributed by atoms with E-state index in [1.807, 2.05) is 13.8 Å². The third-order valence-corrected chi connectivity index (χ3v) is 3.92. The van der Waals surface area contributed by atoms with E-state index < -0.39 is 5.97 Å². The van der Waals surface area contributed by atoms with Crippen LogP contribution in [0.2, 0.25) is 0 Å². The molecule has 2 aromatic rings. The van der Waals surface area contributed by atoms with Gasteiger partial charge < -0.3 is 10.4 Å². The lowest BCUT2D eigenvalue weighted by atomic mass is 9.87. The zero-order valence-corrected chi connectivity index (χ0v) is 13.4. The van der Waals surface area contributed by atoms with Gasteiger partial charge in [-0.05, 0) is 19.3 Å². The zero-order chi connectivity index (χ0) is 15.9. The second kappa shape index (κ2) is 5.02. The van der Waals surface area contributed by atoms with E-state index in [0.29, 0.717) is 11.3 Å². The summed E-state index contributed by atoms with van der Waals surface area (Å²) in [5.74, 6) is -0.990. The maximum absolute atomic E-state index is 11.5. The zero-order valence-electron chi connectivity index (χ0n) is 13.4. The molecule has 0 aliphatic heterocycles. The molecule has 0 radical (unpaired) electrons. The number of hydrogen-bond acceptors (Lipinski definition) is 4. The van der Waals surface area contributed by atoms with Gasteiger partial charge in [-0.3, -0.25) is 4.68 Å². The first-order valence-electron chi connectivity index (χ1n) is 6.95. The van der Waals surface area contributed by atoms with Crippen LogP contribution in [0.25, 0.3) is 11.0 Å². The minimum Gasteiger partial charge on any atom is -0.478 e. The average molecular weight is 290 g/mol. The first-order chi connectivity index (χ1) is 9.62. The van der Waals surface area contributed by atoms with Crippen LogP contribution in [-0.4, -0.2) is 31.9 Å². The van der Waals surface area contributed by atoms with Gasteiger partial charge in [0.1, 0.15) is 5.56 Å². The Morgan fingerprint density at radius 1 is 1.43 bits per heavy atom. The van der Waals surface area contributed by atoms with Crippen molar-refractivity contribution in [3.63, 3.8) is 0 Å². The van der Waals surface area contributed by atoms with Crippen molar-refractivity contribution in [2.75, 3.05) is 5.32 Å². The van der Waals surface area contributed by atoms with Crippen LogP contribution >= 0.6 is 0 Å². The second-order valence-corrected chi connectivity index (χ2v) is 6.49. The fourth-order valence-corrected chi connectivity index (χ4v) is 2.16. The number of aromatic nitrogens is 3. The lowest BCUT2D eigenvalue weighted by Crippen LogP contribution is -2.31. The highest BCUT2D eigenvalue weighted by molar-refractivity contribution is 6.04. The van der Waals surface area contributed by atoms with Crippen molar-refractivity contribution in [1.82, 2.24) is 14.8 Å². The summed E-state index contributed by atoms with van der Waals surface area (Å²) in [6.07, 6.45) is 1.39. The molecular weight excluding hydrogens is 268 g/mol. The van der Waals surface area contributed by atoms with E-state index in [-0.39, 0.29) is 17.0 Å². The molecule has 0 saturated carbocycles. The predicted octanol–water partition coefficient (Wildman–Crippen LogP) is 2.82. The maximum Gasteiger partial charge on any atom is 0.339 e. The lowest BCUT2D eigenvalue weighted by molar-refractivity contribution is 0.0697. The maximum atomic E-state index is 11.5. The summed E-state index contributed by atoms with van der Waals surface area (Å²) in [6.45, 7) is 10.2. The second-order valence-electron chi connectivity index (χ2n) is 6.49. The number of nitrogens with one attached hydrogen (secondary N) is 1. The van der Waals surface area contributed by atoms with E-state index in [9.17, 15) is 9.90 Å². The summed E-state index contributed by atoms with van der Waals surface area (Å²) < 4.78 is 1.67. The van der Waals surface area contributed by atoms with Crippen molar-refractivity contribution < 1.29 is 9.90 Å². The Hall–Kier alpha value is -2.11. The van der Waals surface area contributed by atoms with Gasteiger partial charge in [0.25, 0.3) is 0 Å². The molecule has 0 aliphatic rings. The standard InChI is InChI=1S/C15H22N4O2/c1-8-11-12(17-9(2)15(3,4)5)10(14(20)21)7-16-13(11)19(6)18-8/h7,9H,1-6H3,(H,16,17)(H,20,21). The van der Waals surface area contributed by atoms with Crippen molar-refractivity contribution in [3.8, 4) is 0 Å². The summed E-state index contributed by atoms with van der Waals surface area (Å²) in [7, 11) is 1.81. The molecular formula is C15H22N4O2. The van der Waals surface area contributed by atoms with Gasteiger partial charge in [-0.25, -0.2) is 9.78 Å². The highest BCUT2D eigenvalue weighted by Crippen LogP contribution is 2.31. The van der Waals surface area contributed by atoms with Crippen LogP contribution < -0.4 is 5.32 Å². The van der Waals surface area contributed by atoms with Gasteiger partial charge in [0, 0.05) is 19.3 Å². The molecule has 1 atom stereocenters. The third-order valence-electron chi connectivity index (χ3n) is 3.92. The first-order valence-corrected chi connectivity index (χ1v) is 6.95. The number of carboxylic acid groups (broad SMARTS) is 1. The summed E-state index contributed by atoms with van der Waals surface area (Å²) in [6, 6.07) is 0.0980. The normalized spacial score (nSPS) is 13.4. The van der Waals surface area contributed by atoms with Crippen molar-refractivity contribution in [2.45, 2.75) is 40.7 Å². The van der Waals surface area contributed by atoms with E-state index in [2.05, 4.69) is 36.2 Å². The number of carboxylic acids is 1. The summed E-state index contributed by atoms with van der Waals surface area (Å²) in [4.78, 5) is 15.7. The van der Waals surface area contributed by atoms with Crippen LogP contribution in [0.15, 0.2) is 6.20 Å². The fraction of sp³-hybridized carbons (Fsp3) is 0.533. The Bertz CT molecular complexity index is 698. The van der Waals surface area contributed by atoms with E-state index in [0.717, 1.165) is 11.1 Å². The Kier molecular flexibility index (Phi) is 3.65. The Morgan fingerprint density at radius 2 is 2.05 bits per heavy atom. The summed E-state index contributed by atoms with van der Waals surface area (Å²) in [5.41, 5.74) is 2.23. The van der Waals surface area contributed by atoms with E-state index >= 15 is 0 Å². The molecule has 0 amide bonds. The highest BCUT2D eigenvalue weighted by atomic mass is 16.4. The number of fused-ring (bicyclic) bond motifs is 1. The van der Waals surface area contributed by atoms with Crippen LogP contribution in [0.4, 0.5) is 5.69 Å². The smallest absolute Gasteiger partial charge is 0.339 e. The molecule has 6 heteroatoms.